The molecule has 1 atom stereocenters. The zero-order valence-electron chi connectivity index (χ0n) is 13.5. The number of hydrogen-bond donors (Lipinski definition) is 1. The van der Waals surface area contributed by atoms with Gasteiger partial charge in [0.15, 0.2) is 0 Å². The predicted molar refractivity (Wildman–Crippen MR) is 88.6 cm³/mol. The molecule has 1 aliphatic carbocycles. The Kier molecular flexibility index (Phi) is 4.27. The second kappa shape index (κ2) is 6.34. The van der Waals surface area contributed by atoms with Crippen molar-refractivity contribution in [1.29, 1.82) is 0 Å². The number of methoxy groups -OCH3 is 1. The fourth-order valence-corrected chi connectivity index (χ4v) is 3.19. The second-order valence-corrected chi connectivity index (χ2v) is 6.01. The number of rotatable bonds is 3. The van der Waals surface area contributed by atoms with Crippen LogP contribution >= 0.6 is 0 Å². The average Bonchev–Trinajstić information content (AvgIpc) is 2.66. The highest BCUT2D eigenvalue weighted by molar-refractivity contribution is 5.41. The van der Waals surface area contributed by atoms with Crippen LogP contribution in [0.1, 0.15) is 35.5 Å². The SMILES string of the molecule is COc1ccc2c(c1)CC(Nc1cc(C)nc(C)n1)CCC2. The molecule has 3 rings (SSSR count). The molecular weight excluding hydrogens is 274 g/mol. The van der Waals surface area contributed by atoms with Gasteiger partial charge >= 0.3 is 0 Å². The number of nitrogens with one attached hydrogen (secondary N) is 1. The van der Waals surface area contributed by atoms with E-state index in [1.807, 2.05) is 19.9 Å². The lowest BCUT2D eigenvalue weighted by Gasteiger charge is -2.18. The maximum Gasteiger partial charge on any atom is 0.130 e. The first-order valence-corrected chi connectivity index (χ1v) is 7.88. The molecule has 0 bridgehead atoms. The summed E-state index contributed by atoms with van der Waals surface area (Å²) in [5.74, 6) is 2.69. The summed E-state index contributed by atoms with van der Waals surface area (Å²) in [7, 11) is 1.72. The lowest BCUT2D eigenvalue weighted by Crippen LogP contribution is -2.22. The van der Waals surface area contributed by atoms with Crippen molar-refractivity contribution < 1.29 is 4.74 Å². The van der Waals surface area contributed by atoms with Crippen LogP contribution in [0.25, 0.3) is 0 Å². The van der Waals surface area contributed by atoms with E-state index in [1.165, 1.54) is 17.5 Å². The maximum absolute atomic E-state index is 5.37. The third-order valence-corrected chi connectivity index (χ3v) is 4.20. The van der Waals surface area contributed by atoms with Crippen LogP contribution in [0.3, 0.4) is 0 Å². The molecule has 1 aromatic carbocycles. The van der Waals surface area contributed by atoms with Crippen LogP contribution < -0.4 is 10.1 Å². The van der Waals surface area contributed by atoms with E-state index in [0.717, 1.165) is 42.3 Å². The zero-order valence-corrected chi connectivity index (χ0v) is 13.5. The zero-order chi connectivity index (χ0) is 15.5. The van der Waals surface area contributed by atoms with E-state index >= 15 is 0 Å². The molecule has 1 aromatic heterocycles. The summed E-state index contributed by atoms with van der Waals surface area (Å²) < 4.78 is 5.37. The van der Waals surface area contributed by atoms with Crippen LogP contribution in [-0.2, 0) is 12.8 Å². The summed E-state index contributed by atoms with van der Waals surface area (Å²) in [5, 5.41) is 3.59. The Bertz CT molecular complexity index is 649. The lowest BCUT2D eigenvalue weighted by atomic mass is 10.0. The Morgan fingerprint density at radius 2 is 2.00 bits per heavy atom. The van der Waals surface area contributed by atoms with Crippen molar-refractivity contribution in [2.75, 3.05) is 12.4 Å². The molecule has 4 heteroatoms. The summed E-state index contributed by atoms with van der Waals surface area (Å²) in [5.41, 5.74) is 3.84. The van der Waals surface area contributed by atoms with Gasteiger partial charge < -0.3 is 10.1 Å². The van der Waals surface area contributed by atoms with Crippen molar-refractivity contribution in [3.63, 3.8) is 0 Å². The third kappa shape index (κ3) is 3.38. The van der Waals surface area contributed by atoms with Crippen molar-refractivity contribution in [3.8, 4) is 5.75 Å². The molecule has 116 valence electrons. The fraction of sp³-hybridized carbons (Fsp3) is 0.444. The molecule has 0 saturated heterocycles. The standard InChI is InChI=1S/C18H23N3O/c1-12-9-18(20-13(2)19-12)21-16-6-4-5-14-7-8-17(22-3)11-15(14)10-16/h7-9,11,16H,4-6,10H2,1-3H3,(H,19,20,21). The van der Waals surface area contributed by atoms with Gasteiger partial charge in [0.05, 0.1) is 7.11 Å². The maximum atomic E-state index is 5.37. The Balaban J connectivity index is 1.80. The largest absolute Gasteiger partial charge is 0.497 e. The van der Waals surface area contributed by atoms with Gasteiger partial charge in [0.1, 0.15) is 17.4 Å². The Morgan fingerprint density at radius 3 is 2.77 bits per heavy atom. The van der Waals surface area contributed by atoms with Gasteiger partial charge in [-0.2, -0.15) is 0 Å². The van der Waals surface area contributed by atoms with Crippen LogP contribution in [0.4, 0.5) is 5.82 Å². The average molecular weight is 297 g/mol. The Hall–Kier alpha value is -2.10. The minimum atomic E-state index is 0.405. The molecule has 0 amide bonds. The molecule has 4 nitrogen and oxygen atoms in total. The van der Waals surface area contributed by atoms with Crippen LogP contribution in [0.15, 0.2) is 24.3 Å². The van der Waals surface area contributed by atoms with Gasteiger partial charge in [-0.05, 0) is 62.8 Å². The van der Waals surface area contributed by atoms with Crippen LogP contribution in [0, 0.1) is 13.8 Å². The Labute approximate surface area is 132 Å². The van der Waals surface area contributed by atoms with Gasteiger partial charge in [-0.3, -0.25) is 0 Å². The summed E-state index contributed by atoms with van der Waals surface area (Å²) in [6.45, 7) is 3.94. The number of aryl methyl sites for hydroxylation is 3. The highest BCUT2D eigenvalue weighted by atomic mass is 16.5. The number of aromatic nitrogens is 2. The monoisotopic (exact) mass is 297 g/mol. The van der Waals surface area contributed by atoms with E-state index < -0.39 is 0 Å². The number of hydrogen-bond acceptors (Lipinski definition) is 4. The first-order chi connectivity index (χ1) is 10.6. The summed E-state index contributed by atoms with van der Waals surface area (Å²) in [6, 6.07) is 8.86. The summed E-state index contributed by atoms with van der Waals surface area (Å²) >= 11 is 0. The molecule has 0 radical (unpaired) electrons. The van der Waals surface area contributed by atoms with Gasteiger partial charge in [0.25, 0.3) is 0 Å². The quantitative estimate of drug-likeness (QED) is 0.881. The highest BCUT2D eigenvalue weighted by Gasteiger charge is 2.18. The summed E-state index contributed by atoms with van der Waals surface area (Å²) in [6.07, 6.45) is 4.49. The van der Waals surface area contributed by atoms with E-state index in [1.54, 1.807) is 7.11 Å². The summed E-state index contributed by atoms with van der Waals surface area (Å²) in [4.78, 5) is 8.84. The molecule has 1 heterocycles. The van der Waals surface area contributed by atoms with E-state index in [9.17, 15) is 0 Å². The normalized spacial score (nSPS) is 17.5. The molecule has 0 spiro atoms. The first-order valence-electron chi connectivity index (χ1n) is 7.88. The van der Waals surface area contributed by atoms with Gasteiger partial charge in [-0.25, -0.2) is 9.97 Å². The minimum absolute atomic E-state index is 0.405. The van der Waals surface area contributed by atoms with Crippen molar-refractivity contribution in [2.24, 2.45) is 0 Å². The minimum Gasteiger partial charge on any atom is -0.497 e. The van der Waals surface area contributed by atoms with Gasteiger partial charge in [0, 0.05) is 17.8 Å². The predicted octanol–water partition coefficient (Wildman–Crippen LogP) is 3.46. The van der Waals surface area contributed by atoms with Gasteiger partial charge in [0.2, 0.25) is 0 Å². The van der Waals surface area contributed by atoms with E-state index in [2.05, 4.69) is 33.5 Å². The van der Waals surface area contributed by atoms with E-state index in [0.29, 0.717) is 6.04 Å². The second-order valence-electron chi connectivity index (χ2n) is 6.01. The molecule has 1 aliphatic rings. The first kappa shape index (κ1) is 14.8. The number of nitrogens with zero attached hydrogens (tertiary/aromatic N) is 2. The molecule has 2 aromatic rings. The molecule has 22 heavy (non-hydrogen) atoms. The van der Waals surface area contributed by atoms with Crippen LogP contribution in [0.2, 0.25) is 0 Å². The van der Waals surface area contributed by atoms with Crippen molar-refractivity contribution in [3.05, 3.63) is 46.9 Å². The smallest absolute Gasteiger partial charge is 0.130 e. The molecular formula is C18H23N3O. The van der Waals surface area contributed by atoms with Crippen LogP contribution in [0.5, 0.6) is 5.75 Å². The van der Waals surface area contributed by atoms with Crippen LogP contribution in [-0.4, -0.2) is 23.1 Å². The molecule has 0 saturated carbocycles. The van der Waals surface area contributed by atoms with Crippen molar-refractivity contribution in [1.82, 2.24) is 9.97 Å². The fourth-order valence-electron chi connectivity index (χ4n) is 3.19. The number of ether oxygens (including phenoxy) is 1. The number of benzene rings is 1. The number of fused-ring (bicyclic) bond motifs is 1. The molecule has 0 aliphatic heterocycles. The van der Waals surface area contributed by atoms with Crippen molar-refractivity contribution >= 4 is 5.82 Å². The number of anilines is 1. The topological polar surface area (TPSA) is 47.0 Å². The van der Waals surface area contributed by atoms with Crippen molar-refractivity contribution in [2.45, 2.75) is 45.6 Å². The third-order valence-electron chi connectivity index (χ3n) is 4.20. The van der Waals surface area contributed by atoms with E-state index in [4.69, 9.17) is 4.74 Å². The van der Waals surface area contributed by atoms with E-state index in [-0.39, 0.29) is 0 Å². The molecule has 1 unspecified atom stereocenters. The molecule has 1 N–H and O–H groups in total. The van der Waals surface area contributed by atoms with Gasteiger partial charge in [-0.1, -0.05) is 6.07 Å². The Morgan fingerprint density at radius 1 is 1.14 bits per heavy atom. The highest BCUT2D eigenvalue weighted by Crippen LogP contribution is 2.26. The van der Waals surface area contributed by atoms with Gasteiger partial charge in [-0.15, -0.1) is 0 Å². The molecule has 0 fully saturated rings. The lowest BCUT2D eigenvalue weighted by molar-refractivity contribution is 0.414.